The SMILES string of the molecule is COC(=O)C=Cc1ccccc1NC#CNc1cc(C(F)(F)F)ccc1OC. The number of anilines is 2. The summed E-state index contributed by atoms with van der Waals surface area (Å²) in [5.74, 6) is -0.275. The van der Waals surface area contributed by atoms with Crippen molar-refractivity contribution in [2.24, 2.45) is 0 Å². The number of alkyl halides is 3. The van der Waals surface area contributed by atoms with Crippen molar-refractivity contribution in [3.63, 3.8) is 0 Å². The van der Waals surface area contributed by atoms with Crippen molar-refractivity contribution >= 4 is 23.4 Å². The van der Waals surface area contributed by atoms with E-state index in [9.17, 15) is 18.0 Å². The summed E-state index contributed by atoms with van der Waals surface area (Å²) in [5.41, 5.74) is 0.557. The Morgan fingerprint density at radius 3 is 2.36 bits per heavy atom. The van der Waals surface area contributed by atoms with Crippen molar-refractivity contribution in [2.75, 3.05) is 24.9 Å². The van der Waals surface area contributed by atoms with E-state index in [2.05, 4.69) is 27.5 Å². The van der Waals surface area contributed by atoms with E-state index in [1.165, 1.54) is 26.4 Å². The molecule has 0 spiro atoms. The molecule has 0 fully saturated rings. The first-order valence-electron chi connectivity index (χ1n) is 7.97. The third-order valence-corrected chi connectivity index (χ3v) is 3.54. The van der Waals surface area contributed by atoms with Gasteiger partial charge in [-0.2, -0.15) is 13.2 Å². The van der Waals surface area contributed by atoms with Crippen LogP contribution in [0.3, 0.4) is 0 Å². The van der Waals surface area contributed by atoms with E-state index < -0.39 is 17.7 Å². The molecule has 0 aliphatic heterocycles. The predicted octanol–water partition coefficient (Wildman–Crippen LogP) is 4.34. The highest BCUT2D eigenvalue weighted by atomic mass is 19.4. The van der Waals surface area contributed by atoms with Crippen LogP contribution in [0.2, 0.25) is 0 Å². The van der Waals surface area contributed by atoms with Crippen molar-refractivity contribution in [2.45, 2.75) is 6.18 Å². The van der Waals surface area contributed by atoms with E-state index in [0.717, 1.165) is 12.1 Å². The number of para-hydroxylation sites is 1. The molecule has 0 heterocycles. The van der Waals surface area contributed by atoms with Crippen LogP contribution >= 0.6 is 0 Å². The minimum absolute atomic E-state index is 0.0884. The highest BCUT2D eigenvalue weighted by Gasteiger charge is 2.31. The fourth-order valence-corrected chi connectivity index (χ4v) is 2.16. The molecule has 5 nitrogen and oxygen atoms in total. The molecule has 2 rings (SSSR count). The Morgan fingerprint density at radius 1 is 1.04 bits per heavy atom. The molecule has 0 saturated heterocycles. The van der Waals surface area contributed by atoms with Crippen LogP contribution in [-0.2, 0) is 15.7 Å². The van der Waals surface area contributed by atoms with Crippen molar-refractivity contribution in [1.29, 1.82) is 0 Å². The number of carbonyl (C=O) groups excluding carboxylic acids is 1. The lowest BCUT2D eigenvalue weighted by molar-refractivity contribution is -0.137. The zero-order valence-electron chi connectivity index (χ0n) is 15.1. The molecule has 0 saturated carbocycles. The minimum atomic E-state index is -4.47. The van der Waals surface area contributed by atoms with Gasteiger partial charge in [0.05, 0.1) is 31.2 Å². The third kappa shape index (κ3) is 5.71. The highest BCUT2D eigenvalue weighted by molar-refractivity contribution is 5.88. The number of ether oxygens (including phenoxy) is 2. The van der Waals surface area contributed by atoms with E-state index in [1.807, 2.05) is 0 Å². The number of rotatable bonds is 5. The number of carbonyl (C=O) groups is 1. The number of halogens is 3. The molecule has 0 amide bonds. The van der Waals surface area contributed by atoms with Crippen LogP contribution in [0, 0.1) is 12.1 Å². The van der Waals surface area contributed by atoms with Crippen LogP contribution in [0.5, 0.6) is 5.75 Å². The van der Waals surface area contributed by atoms with Gasteiger partial charge in [0.2, 0.25) is 0 Å². The summed E-state index contributed by atoms with van der Waals surface area (Å²) in [6.45, 7) is 0. The van der Waals surface area contributed by atoms with Gasteiger partial charge in [0.15, 0.2) is 0 Å². The molecule has 0 unspecified atom stereocenters. The zero-order chi connectivity index (χ0) is 20.6. The maximum atomic E-state index is 12.9. The normalized spacial score (nSPS) is 10.8. The Hall–Kier alpha value is -3.60. The Labute approximate surface area is 160 Å². The second-order valence-corrected chi connectivity index (χ2v) is 5.36. The molecule has 2 aromatic rings. The van der Waals surface area contributed by atoms with E-state index in [0.29, 0.717) is 11.3 Å². The number of hydrogen-bond acceptors (Lipinski definition) is 5. The van der Waals surface area contributed by atoms with Crippen LogP contribution < -0.4 is 15.4 Å². The van der Waals surface area contributed by atoms with Gasteiger partial charge in [-0.05, 0) is 35.9 Å². The zero-order valence-corrected chi connectivity index (χ0v) is 15.1. The summed E-state index contributed by atoms with van der Waals surface area (Å²) in [5, 5.41) is 5.40. The van der Waals surface area contributed by atoms with Crippen molar-refractivity contribution in [3.05, 3.63) is 59.7 Å². The second-order valence-electron chi connectivity index (χ2n) is 5.36. The van der Waals surface area contributed by atoms with Crippen LogP contribution in [-0.4, -0.2) is 20.2 Å². The quantitative estimate of drug-likeness (QED) is 0.344. The third-order valence-electron chi connectivity index (χ3n) is 3.54. The molecule has 2 aromatic carbocycles. The summed E-state index contributed by atoms with van der Waals surface area (Å²) >= 11 is 0. The number of methoxy groups -OCH3 is 2. The first kappa shape index (κ1) is 20.7. The van der Waals surface area contributed by atoms with Gasteiger partial charge < -0.3 is 20.1 Å². The largest absolute Gasteiger partial charge is 0.495 e. The van der Waals surface area contributed by atoms with Gasteiger partial charge in [0.1, 0.15) is 5.75 Å². The lowest BCUT2D eigenvalue weighted by Crippen LogP contribution is -2.06. The van der Waals surface area contributed by atoms with Crippen LogP contribution in [0.25, 0.3) is 6.08 Å². The first-order valence-corrected chi connectivity index (χ1v) is 7.97. The molecule has 8 heteroatoms. The van der Waals surface area contributed by atoms with Crippen molar-refractivity contribution in [1.82, 2.24) is 0 Å². The molecule has 28 heavy (non-hydrogen) atoms. The first-order chi connectivity index (χ1) is 13.3. The number of nitrogens with one attached hydrogen (secondary N) is 2. The average Bonchev–Trinajstić information content (AvgIpc) is 2.69. The van der Waals surface area contributed by atoms with E-state index in [-0.39, 0.29) is 11.4 Å². The van der Waals surface area contributed by atoms with Crippen LogP contribution in [0.1, 0.15) is 11.1 Å². The second kappa shape index (κ2) is 9.37. The van der Waals surface area contributed by atoms with Gasteiger partial charge in [-0.25, -0.2) is 4.79 Å². The highest BCUT2D eigenvalue weighted by Crippen LogP contribution is 2.34. The van der Waals surface area contributed by atoms with Gasteiger partial charge in [-0.15, -0.1) is 0 Å². The van der Waals surface area contributed by atoms with E-state index >= 15 is 0 Å². The standard InChI is InChI=1S/C20H17F3N2O3/c1-27-18-9-8-15(20(21,22)23)13-17(18)25-12-11-24-16-6-4-3-5-14(16)7-10-19(26)28-2/h3-10,13,24-25H,1-2H3. The van der Waals surface area contributed by atoms with Gasteiger partial charge in [0.25, 0.3) is 0 Å². The number of hydrogen-bond donors (Lipinski definition) is 2. The summed E-state index contributed by atoms with van der Waals surface area (Å²) < 4.78 is 48.1. The fourth-order valence-electron chi connectivity index (χ4n) is 2.16. The van der Waals surface area contributed by atoms with Gasteiger partial charge in [0, 0.05) is 18.2 Å². The summed E-state index contributed by atoms with van der Waals surface area (Å²) in [7, 11) is 2.62. The van der Waals surface area contributed by atoms with Crippen LogP contribution in [0.15, 0.2) is 48.5 Å². The van der Waals surface area contributed by atoms with Gasteiger partial charge in [-0.3, -0.25) is 0 Å². The summed E-state index contributed by atoms with van der Waals surface area (Å²) in [4.78, 5) is 11.2. The fraction of sp³-hybridized carbons (Fsp3) is 0.150. The lowest BCUT2D eigenvalue weighted by Gasteiger charge is -2.11. The Kier molecular flexibility index (Phi) is 6.93. The molecule has 146 valence electrons. The minimum Gasteiger partial charge on any atom is -0.495 e. The molecule has 0 bridgehead atoms. The van der Waals surface area contributed by atoms with E-state index in [4.69, 9.17) is 4.74 Å². The lowest BCUT2D eigenvalue weighted by atomic mass is 10.1. The van der Waals surface area contributed by atoms with E-state index in [1.54, 1.807) is 30.3 Å². The Bertz CT molecular complexity index is 928. The van der Waals surface area contributed by atoms with Gasteiger partial charge in [-0.1, -0.05) is 18.2 Å². The Morgan fingerprint density at radius 2 is 1.71 bits per heavy atom. The van der Waals surface area contributed by atoms with Gasteiger partial charge >= 0.3 is 12.1 Å². The van der Waals surface area contributed by atoms with Crippen molar-refractivity contribution in [3.8, 4) is 17.8 Å². The molecule has 0 aromatic heterocycles. The summed E-state index contributed by atoms with van der Waals surface area (Å²) in [6, 6.07) is 15.2. The van der Waals surface area contributed by atoms with Crippen LogP contribution in [0.4, 0.5) is 24.5 Å². The molecule has 0 atom stereocenters. The molecular formula is C20H17F3N2O3. The number of benzene rings is 2. The molecule has 0 aliphatic rings. The van der Waals surface area contributed by atoms with Crippen molar-refractivity contribution < 1.29 is 27.4 Å². The molecule has 0 aliphatic carbocycles. The topological polar surface area (TPSA) is 59.6 Å². The molecular weight excluding hydrogens is 373 g/mol. The molecule has 0 radical (unpaired) electrons. The predicted molar refractivity (Wildman–Crippen MR) is 101 cm³/mol. The number of esters is 1. The molecule has 2 N–H and O–H groups in total. The maximum absolute atomic E-state index is 12.9. The summed E-state index contributed by atoms with van der Waals surface area (Å²) in [6.07, 6.45) is -1.65. The average molecular weight is 390 g/mol. The smallest absolute Gasteiger partial charge is 0.416 e. The monoisotopic (exact) mass is 390 g/mol. The maximum Gasteiger partial charge on any atom is 0.416 e. The Balaban J connectivity index is 2.15.